The topological polar surface area (TPSA) is 90.1 Å². The minimum absolute atomic E-state index is 0.0386. The number of thiazole rings is 1. The Bertz CT molecular complexity index is 907. The van der Waals surface area contributed by atoms with Crippen molar-refractivity contribution >= 4 is 29.7 Å². The van der Waals surface area contributed by atoms with Crippen molar-refractivity contribution in [2.75, 3.05) is 19.7 Å². The third-order valence-electron chi connectivity index (χ3n) is 5.54. The summed E-state index contributed by atoms with van der Waals surface area (Å²) in [5.74, 6) is 1.07. The molecule has 0 radical (unpaired) electrons. The summed E-state index contributed by atoms with van der Waals surface area (Å²) in [4.78, 5) is 20.7. The molecule has 2 N–H and O–H groups in total. The first-order valence-corrected chi connectivity index (χ1v) is 10.5. The molecule has 1 fully saturated rings. The molecule has 0 unspecified atom stereocenters. The molecule has 0 aliphatic carbocycles. The molecule has 1 amide bonds. The Labute approximate surface area is 168 Å². The average molecular weight is 397 g/mol. The molecular formula is C21H24N4O2S. The fourth-order valence-corrected chi connectivity index (χ4v) is 4.75. The lowest BCUT2D eigenvalue weighted by Gasteiger charge is -2.29. The SMILES string of the molecule is CC1CCN(C(=O)c2nc3c(s2)CCOc2cc(C(C=N)C=N)ccc2-3)CC1. The molecule has 6 nitrogen and oxygen atoms in total. The van der Waals surface area contributed by atoms with E-state index < -0.39 is 0 Å². The first-order chi connectivity index (χ1) is 13.6. The fourth-order valence-electron chi connectivity index (χ4n) is 3.73. The molecule has 0 bridgehead atoms. The number of aromatic nitrogens is 1. The Balaban J connectivity index is 1.65. The fraction of sp³-hybridized carbons (Fsp3) is 0.429. The van der Waals surface area contributed by atoms with Crippen LogP contribution in [0.15, 0.2) is 18.2 Å². The van der Waals surface area contributed by atoms with Crippen LogP contribution in [0.4, 0.5) is 0 Å². The van der Waals surface area contributed by atoms with Gasteiger partial charge in [-0.1, -0.05) is 13.0 Å². The van der Waals surface area contributed by atoms with Crippen LogP contribution in [-0.2, 0) is 6.42 Å². The number of carbonyl (C=O) groups is 1. The van der Waals surface area contributed by atoms with Crippen LogP contribution in [0.1, 0.15) is 45.9 Å². The van der Waals surface area contributed by atoms with Gasteiger partial charge in [0.25, 0.3) is 5.91 Å². The third-order valence-corrected chi connectivity index (χ3v) is 6.65. The molecule has 2 aliphatic rings. The molecule has 2 aliphatic heterocycles. The number of carbonyl (C=O) groups excluding carboxylic acids is 1. The highest BCUT2D eigenvalue weighted by molar-refractivity contribution is 7.14. The van der Waals surface area contributed by atoms with Crippen LogP contribution in [-0.4, -0.2) is 47.9 Å². The van der Waals surface area contributed by atoms with Gasteiger partial charge in [0, 0.05) is 42.4 Å². The molecule has 2 aromatic rings. The number of hydrogen-bond acceptors (Lipinski definition) is 6. The Morgan fingerprint density at radius 1 is 1.32 bits per heavy atom. The first-order valence-electron chi connectivity index (χ1n) is 9.68. The van der Waals surface area contributed by atoms with E-state index >= 15 is 0 Å². The molecule has 1 aromatic heterocycles. The Morgan fingerprint density at radius 2 is 2.07 bits per heavy atom. The quantitative estimate of drug-likeness (QED) is 0.766. The Hall–Kier alpha value is -2.54. The van der Waals surface area contributed by atoms with Gasteiger partial charge < -0.3 is 20.5 Å². The minimum Gasteiger partial charge on any atom is -0.492 e. The molecule has 3 heterocycles. The maximum absolute atomic E-state index is 12.9. The van der Waals surface area contributed by atoms with Gasteiger partial charge in [-0.15, -0.1) is 11.3 Å². The first kappa shape index (κ1) is 18.8. The second-order valence-electron chi connectivity index (χ2n) is 7.48. The highest BCUT2D eigenvalue weighted by Gasteiger charge is 2.27. The van der Waals surface area contributed by atoms with Crippen LogP contribution < -0.4 is 4.74 Å². The number of nitrogens with one attached hydrogen (secondary N) is 2. The molecule has 1 saturated heterocycles. The second kappa shape index (κ2) is 7.83. The number of benzene rings is 1. The van der Waals surface area contributed by atoms with Crippen molar-refractivity contribution in [3.8, 4) is 17.0 Å². The van der Waals surface area contributed by atoms with Crippen molar-refractivity contribution in [2.45, 2.75) is 32.1 Å². The number of hydrogen-bond donors (Lipinski definition) is 2. The molecule has 4 rings (SSSR count). The minimum atomic E-state index is -0.356. The Kier molecular flexibility index (Phi) is 5.26. The standard InChI is InChI=1S/C21H24N4O2S/c1-13-4-7-25(8-5-13)21(26)20-24-19-16-3-2-14(15(11-22)12-23)10-17(16)27-9-6-18(19)28-20/h2-3,10-13,15,22-23H,4-9H2,1H3. The molecule has 0 saturated carbocycles. The second-order valence-corrected chi connectivity index (χ2v) is 8.56. The highest BCUT2D eigenvalue weighted by Crippen LogP contribution is 2.39. The molecule has 7 heteroatoms. The van der Waals surface area contributed by atoms with Gasteiger partial charge in [-0.25, -0.2) is 4.98 Å². The van der Waals surface area contributed by atoms with Gasteiger partial charge in [0.05, 0.1) is 18.2 Å². The van der Waals surface area contributed by atoms with Crippen molar-refractivity contribution < 1.29 is 9.53 Å². The Morgan fingerprint density at radius 3 is 2.79 bits per heavy atom. The van der Waals surface area contributed by atoms with Gasteiger partial charge in [-0.2, -0.15) is 0 Å². The van der Waals surface area contributed by atoms with E-state index in [1.165, 1.54) is 23.8 Å². The highest BCUT2D eigenvalue weighted by atomic mass is 32.1. The lowest BCUT2D eigenvalue weighted by atomic mass is 9.98. The van der Waals surface area contributed by atoms with Gasteiger partial charge >= 0.3 is 0 Å². The van der Waals surface area contributed by atoms with Crippen LogP contribution in [0.2, 0.25) is 0 Å². The number of fused-ring (bicyclic) bond motifs is 3. The van der Waals surface area contributed by atoms with Crippen molar-refractivity contribution in [3.63, 3.8) is 0 Å². The lowest BCUT2D eigenvalue weighted by molar-refractivity contribution is 0.0697. The summed E-state index contributed by atoms with van der Waals surface area (Å²) in [5.41, 5.74) is 2.56. The van der Waals surface area contributed by atoms with Crippen molar-refractivity contribution in [1.82, 2.24) is 9.88 Å². The zero-order valence-electron chi connectivity index (χ0n) is 15.9. The van der Waals surface area contributed by atoms with Gasteiger partial charge in [-0.05, 0) is 36.5 Å². The molecule has 28 heavy (non-hydrogen) atoms. The van der Waals surface area contributed by atoms with Crippen LogP contribution in [0.5, 0.6) is 5.75 Å². The van der Waals surface area contributed by atoms with Gasteiger partial charge in [0.2, 0.25) is 0 Å². The van der Waals surface area contributed by atoms with E-state index in [1.807, 2.05) is 23.1 Å². The summed E-state index contributed by atoms with van der Waals surface area (Å²) in [6, 6.07) is 5.73. The largest absolute Gasteiger partial charge is 0.492 e. The smallest absolute Gasteiger partial charge is 0.282 e. The molecule has 0 atom stereocenters. The van der Waals surface area contributed by atoms with Crippen LogP contribution >= 0.6 is 11.3 Å². The van der Waals surface area contributed by atoms with Gasteiger partial charge in [0.1, 0.15) is 5.75 Å². The van der Waals surface area contributed by atoms with Crippen molar-refractivity contribution in [3.05, 3.63) is 33.6 Å². The molecular weight excluding hydrogens is 372 g/mol. The average Bonchev–Trinajstić information content (AvgIpc) is 3.06. The van der Waals surface area contributed by atoms with E-state index in [0.29, 0.717) is 23.3 Å². The number of piperidine rings is 1. The maximum Gasteiger partial charge on any atom is 0.282 e. The predicted molar refractivity (Wildman–Crippen MR) is 111 cm³/mol. The zero-order valence-corrected chi connectivity index (χ0v) is 16.7. The van der Waals surface area contributed by atoms with Crippen LogP contribution in [0.3, 0.4) is 0 Å². The summed E-state index contributed by atoms with van der Waals surface area (Å²) in [6.07, 6.45) is 5.32. The zero-order chi connectivity index (χ0) is 19.7. The summed E-state index contributed by atoms with van der Waals surface area (Å²) in [6.45, 7) is 4.38. The summed E-state index contributed by atoms with van der Waals surface area (Å²) in [5, 5.41) is 15.5. The monoisotopic (exact) mass is 396 g/mol. The maximum atomic E-state index is 12.9. The summed E-state index contributed by atoms with van der Waals surface area (Å²) in [7, 11) is 0. The third kappa shape index (κ3) is 3.46. The van der Waals surface area contributed by atoms with E-state index in [0.717, 1.165) is 54.0 Å². The van der Waals surface area contributed by atoms with E-state index in [2.05, 4.69) is 6.92 Å². The number of amides is 1. The van der Waals surface area contributed by atoms with E-state index in [1.54, 1.807) is 0 Å². The molecule has 0 spiro atoms. The number of ether oxygens (including phenoxy) is 1. The van der Waals surface area contributed by atoms with E-state index in [-0.39, 0.29) is 11.8 Å². The van der Waals surface area contributed by atoms with E-state index in [4.69, 9.17) is 20.5 Å². The summed E-state index contributed by atoms with van der Waals surface area (Å²) < 4.78 is 5.92. The lowest BCUT2D eigenvalue weighted by Crippen LogP contribution is -2.37. The van der Waals surface area contributed by atoms with Gasteiger partial charge in [-0.3, -0.25) is 4.79 Å². The normalized spacial score (nSPS) is 17.7. The molecule has 146 valence electrons. The van der Waals surface area contributed by atoms with Crippen LogP contribution in [0.25, 0.3) is 11.3 Å². The van der Waals surface area contributed by atoms with E-state index in [9.17, 15) is 4.79 Å². The predicted octanol–water partition coefficient (Wildman–Crippen LogP) is 4.00. The number of nitrogens with zero attached hydrogens (tertiary/aromatic N) is 2. The van der Waals surface area contributed by atoms with Gasteiger partial charge in [0.15, 0.2) is 5.01 Å². The molecule has 1 aromatic carbocycles. The van der Waals surface area contributed by atoms with Crippen molar-refractivity contribution in [1.29, 1.82) is 10.8 Å². The van der Waals surface area contributed by atoms with Crippen LogP contribution in [0, 0.1) is 16.7 Å². The van der Waals surface area contributed by atoms with Crippen molar-refractivity contribution in [2.24, 2.45) is 5.92 Å². The summed E-state index contributed by atoms with van der Waals surface area (Å²) >= 11 is 1.48. The number of rotatable bonds is 4. The number of likely N-dealkylation sites (tertiary alicyclic amines) is 1.